The van der Waals surface area contributed by atoms with Crippen molar-refractivity contribution in [2.24, 2.45) is 11.8 Å². The van der Waals surface area contributed by atoms with E-state index in [0.29, 0.717) is 6.42 Å². The number of carbonyl (C=O) groups is 2. The number of hydrogen-bond donors (Lipinski definition) is 0. The van der Waals surface area contributed by atoms with E-state index >= 15 is 0 Å². The van der Waals surface area contributed by atoms with Gasteiger partial charge in [-0.15, -0.1) is 6.58 Å². The normalized spacial score (nSPS) is 38.8. The van der Waals surface area contributed by atoms with Gasteiger partial charge in [0.1, 0.15) is 11.5 Å². The van der Waals surface area contributed by atoms with Crippen molar-refractivity contribution >= 4 is 11.9 Å². The summed E-state index contributed by atoms with van der Waals surface area (Å²) in [5.74, 6) is -2.09. The second-order valence-corrected chi connectivity index (χ2v) is 4.40. The van der Waals surface area contributed by atoms with Crippen LogP contribution in [0.2, 0.25) is 0 Å². The Morgan fingerprint density at radius 1 is 1.35 bits per heavy atom. The van der Waals surface area contributed by atoms with Gasteiger partial charge in [-0.25, -0.2) is 0 Å². The topological polar surface area (TPSA) is 61.8 Å². The number of carbonyl (C=O) groups excluding carboxylic acids is 2. The molecule has 2 saturated heterocycles. The Hall–Kier alpha value is -1.36. The third-order valence-electron chi connectivity index (χ3n) is 3.75. The van der Waals surface area contributed by atoms with Gasteiger partial charge in [-0.1, -0.05) is 6.08 Å². The third-order valence-corrected chi connectivity index (χ3v) is 3.75. The van der Waals surface area contributed by atoms with E-state index in [1.807, 2.05) is 0 Å². The summed E-state index contributed by atoms with van der Waals surface area (Å²) in [5, 5.41) is 0. The molecular formula is C12H16O5. The van der Waals surface area contributed by atoms with Gasteiger partial charge in [-0.3, -0.25) is 9.59 Å². The molecule has 0 aromatic carbocycles. The molecule has 0 N–H and O–H groups in total. The van der Waals surface area contributed by atoms with E-state index < -0.39 is 29.4 Å². The lowest BCUT2D eigenvalue weighted by Crippen LogP contribution is -2.45. The van der Waals surface area contributed by atoms with Crippen LogP contribution in [0.1, 0.15) is 12.8 Å². The first kappa shape index (κ1) is 12.1. The molecule has 2 bridgehead atoms. The van der Waals surface area contributed by atoms with Crippen LogP contribution in [0.25, 0.3) is 0 Å². The number of fused-ring (bicyclic) bond motifs is 2. The highest BCUT2D eigenvalue weighted by atomic mass is 16.6. The summed E-state index contributed by atoms with van der Waals surface area (Å²) in [6.45, 7) is 3.71. The monoisotopic (exact) mass is 240 g/mol. The largest absolute Gasteiger partial charge is 0.469 e. The number of hydrogen-bond acceptors (Lipinski definition) is 5. The van der Waals surface area contributed by atoms with Gasteiger partial charge in [0.2, 0.25) is 0 Å². The second kappa shape index (κ2) is 4.14. The smallest absolute Gasteiger partial charge is 0.312 e. The first-order chi connectivity index (χ1) is 8.09. The number of methoxy groups -OCH3 is 2. The molecule has 0 amide bonds. The van der Waals surface area contributed by atoms with E-state index in [2.05, 4.69) is 6.58 Å². The molecule has 0 aliphatic carbocycles. The van der Waals surface area contributed by atoms with Gasteiger partial charge in [0.05, 0.1) is 26.2 Å². The lowest BCUT2D eigenvalue weighted by Gasteiger charge is -2.30. The van der Waals surface area contributed by atoms with Crippen molar-refractivity contribution in [1.82, 2.24) is 0 Å². The minimum Gasteiger partial charge on any atom is -0.469 e. The maximum atomic E-state index is 11.8. The fourth-order valence-corrected chi connectivity index (χ4v) is 2.94. The molecule has 4 atom stereocenters. The Balaban J connectivity index is 2.36. The molecule has 2 aliphatic rings. The SMILES string of the molecule is C=CC12CCC(O1)C(C(=O)OC)C2C(=O)OC. The molecule has 4 unspecified atom stereocenters. The maximum Gasteiger partial charge on any atom is 0.312 e. The molecule has 0 spiro atoms. The van der Waals surface area contributed by atoms with Crippen molar-refractivity contribution in [3.63, 3.8) is 0 Å². The van der Waals surface area contributed by atoms with E-state index in [1.54, 1.807) is 6.08 Å². The van der Waals surface area contributed by atoms with Gasteiger partial charge < -0.3 is 14.2 Å². The fraction of sp³-hybridized carbons (Fsp3) is 0.667. The van der Waals surface area contributed by atoms with Gasteiger partial charge in [0.25, 0.3) is 0 Å². The zero-order valence-corrected chi connectivity index (χ0v) is 9.97. The standard InChI is InChI=1S/C12H16O5/c1-4-12-6-5-7(17-12)8(10(13)15-2)9(12)11(14)16-3/h4,7-9H,1,5-6H2,2-3H3. The van der Waals surface area contributed by atoms with Crippen LogP contribution < -0.4 is 0 Å². The minimum absolute atomic E-state index is 0.274. The molecule has 17 heavy (non-hydrogen) atoms. The van der Waals surface area contributed by atoms with E-state index in [0.717, 1.165) is 6.42 Å². The van der Waals surface area contributed by atoms with Crippen LogP contribution in [-0.4, -0.2) is 37.9 Å². The number of ether oxygens (including phenoxy) is 3. The molecule has 2 rings (SSSR count). The predicted octanol–water partition coefficient (Wildman–Crippen LogP) is 0.682. The van der Waals surface area contributed by atoms with Crippen LogP contribution in [0.15, 0.2) is 12.7 Å². The minimum atomic E-state index is -0.767. The number of rotatable bonds is 3. The highest BCUT2D eigenvalue weighted by molar-refractivity contribution is 5.85. The summed E-state index contributed by atoms with van der Waals surface area (Å²) < 4.78 is 15.3. The summed E-state index contributed by atoms with van der Waals surface area (Å²) in [6.07, 6.45) is 2.76. The van der Waals surface area contributed by atoms with Gasteiger partial charge >= 0.3 is 11.9 Å². The molecule has 0 saturated carbocycles. The van der Waals surface area contributed by atoms with Crippen molar-refractivity contribution < 1.29 is 23.8 Å². The highest BCUT2D eigenvalue weighted by Gasteiger charge is 2.64. The van der Waals surface area contributed by atoms with Crippen LogP contribution in [-0.2, 0) is 23.8 Å². The van der Waals surface area contributed by atoms with Gasteiger partial charge in [0.15, 0.2) is 0 Å². The van der Waals surface area contributed by atoms with Crippen molar-refractivity contribution in [3.05, 3.63) is 12.7 Å². The lowest BCUT2D eigenvalue weighted by molar-refractivity contribution is -0.159. The second-order valence-electron chi connectivity index (χ2n) is 4.40. The van der Waals surface area contributed by atoms with Crippen LogP contribution in [0.5, 0.6) is 0 Å². The zero-order valence-electron chi connectivity index (χ0n) is 9.97. The summed E-state index contributed by atoms with van der Waals surface area (Å²) >= 11 is 0. The van der Waals surface area contributed by atoms with Crippen LogP contribution in [0, 0.1) is 11.8 Å². The van der Waals surface area contributed by atoms with E-state index in [4.69, 9.17) is 14.2 Å². The molecule has 2 heterocycles. The molecule has 2 aliphatic heterocycles. The van der Waals surface area contributed by atoms with E-state index in [9.17, 15) is 9.59 Å². The summed E-state index contributed by atoms with van der Waals surface area (Å²) in [6, 6.07) is 0. The Bertz CT molecular complexity index is 364. The van der Waals surface area contributed by atoms with Crippen molar-refractivity contribution in [2.75, 3.05) is 14.2 Å². The van der Waals surface area contributed by atoms with Crippen molar-refractivity contribution in [3.8, 4) is 0 Å². The molecule has 2 fully saturated rings. The summed E-state index contributed by atoms with van der Waals surface area (Å²) in [4.78, 5) is 23.6. The van der Waals surface area contributed by atoms with Crippen molar-refractivity contribution in [1.29, 1.82) is 0 Å². The van der Waals surface area contributed by atoms with Gasteiger partial charge in [-0.05, 0) is 12.8 Å². The zero-order chi connectivity index (χ0) is 12.6. The third kappa shape index (κ3) is 1.57. The summed E-state index contributed by atoms with van der Waals surface area (Å²) in [7, 11) is 2.61. The van der Waals surface area contributed by atoms with Crippen LogP contribution in [0.3, 0.4) is 0 Å². The highest BCUT2D eigenvalue weighted by Crippen LogP contribution is 2.52. The summed E-state index contributed by atoms with van der Waals surface area (Å²) in [5.41, 5.74) is -0.767. The molecule has 0 aromatic rings. The number of esters is 2. The Labute approximate surface area is 99.7 Å². The average molecular weight is 240 g/mol. The van der Waals surface area contributed by atoms with Gasteiger partial charge in [0, 0.05) is 0 Å². The van der Waals surface area contributed by atoms with E-state index in [-0.39, 0.29) is 6.10 Å². The molecule has 5 nitrogen and oxygen atoms in total. The predicted molar refractivity (Wildman–Crippen MR) is 58.0 cm³/mol. The van der Waals surface area contributed by atoms with Gasteiger partial charge in [-0.2, -0.15) is 0 Å². The maximum absolute atomic E-state index is 11.8. The van der Waals surface area contributed by atoms with E-state index in [1.165, 1.54) is 14.2 Å². The molecule has 0 aromatic heterocycles. The molecule has 5 heteroatoms. The first-order valence-electron chi connectivity index (χ1n) is 5.56. The Morgan fingerprint density at radius 3 is 2.53 bits per heavy atom. The van der Waals surface area contributed by atoms with Crippen LogP contribution >= 0.6 is 0 Å². The average Bonchev–Trinajstić information content (AvgIpc) is 2.92. The quantitative estimate of drug-likeness (QED) is 0.536. The Kier molecular flexibility index (Phi) is 2.95. The van der Waals surface area contributed by atoms with Crippen LogP contribution in [0.4, 0.5) is 0 Å². The molecule has 94 valence electrons. The lowest BCUT2D eigenvalue weighted by atomic mass is 9.71. The molecule has 0 radical (unpaired) electrons. The fourth-order valence-electron chi connectivity index (χ4n) is 2.94. The van der Waals surface area contributed by atoms with Crippen molar-refractivity contribution in [2.45, 2.75) is 24.5 Å². The Morgan fingerprint density at radius 2 is 2.00 bits per heavy atom. The first-order valence-corrected chi connectivity index (χ1v) is 5.56. The molecular weight excluding hydrogens is 224 g/mol.